The number of aromatic amines is 1. The lowest BCUT2D eigenvalue weighted by molar-refractivity contribution is -0.119. The van der Waals surface area contributed by atoms with E-state index in [9.17, 15) is 4.79 Å². The zero-order valence-corrected chi connectivity index (χ0v) is 11.0. The summed E-state index contributed by atoms with van der Waals surface area (Å²) in [6.45, 7) is 0. The molecule has 0 saturated carbocycles. The Morgan fingerprint density at radius 2 is 2.19 bits per heavy atom. The van der Waals surface area contributed by atoms with Crippen LogP contribution < -0.4 is 5.32 Å². The third-order valence-electron chi connectivity index (χ3n) is 3.00. The normalized spacial score (nSPS) is 12.0. The van der Waals surface area contributed by atoms with E-state index in [0.29, 0.717) is 12.4 Å². The molecule has 2 N–H and O–H groups in total. The van der Waals surface area contributed by atoms with Gasteiger partial charge in [0.1, 0.15) is 12.4 Å². The number of tetrazole rings is 1. The van der Waals surface area contributed by atoms with E-state index in [4.69, 9.17) is 0 Å². The summed E-state index contributed by atoms with van der Waals surface area (Å²) in [5.41, 5.74) is 1.02. The summed E-state index contributed by atoms with van der Waals surface area (Å²) in [5, 5.41) is 13.7. The largest absolute Gasteiger partial charge is 0.331 e. The molecule has 2 heterocycles. The van der Waals surface area contributed by atoms with Crippen molar-refractivity contribution in [3.63, 3.8) is 0 Å². The van der Waals surface area contributed by atoms with Crippen LogP contribution in [0.4, 0.5) is 5.95 Å². The predicted molar refractivity (Wildman–Crippen MR) is 74.2 cm³/mol. The molecular weight excluding hydrogens is 270 g/mol. The van der Waals surface area contributed by atoms with Gasteiger partial charge in [0.2, 0.25) is 5.95 Å². The van der Waals surface area contributed by atoms with E-state index in [2.05, 4.69) is 30.8 Å². The van der Waals surface area contributed by atoms with Gasteiger partial charge in [0.25, 0.3) is 5.91 Å². The summed E-state index contributed by atoms with van der Waals surface area (Å²) in [4.78, 5) is 19.2. The molecule has 1 unspecified atom stereocenters. The first-order valence-electron chi connectivity index (χ1n) is 6.39. The molecule has 1 amide bonds. The van der Waals surface area contributed by atoms with Crippen molar-refractivity contribution in [3.05, 3.63) is 54.6 Å². The van der Waals surface area contributed by atoms with Gasteiger partial charge in [-0.1, -0.05) is 30.3 Å². The molecule has 0 fully saturated rings. The molecule has 0 aliphatic carbocycles. The molecule has 1 atom stereocenters. The van der Waals surface area contributed by atoms with Gasteiger partial charge in [-0.15, -0.1) is 5.10 Å². The van der Waals surface area contributed by atoms with Crippen LogP contribution in [0.15, 0.2) is 49.1 Å². The summed E-state index contributed by atoms with van der Waals surface area (Å²) >= 11 is 0. The Hall–Kier alpha value is -3.03. The molecule has 3 aromatic rings. The highest BCUT2D eigenvalue weighted by atomic mass is 16.2. The van der Waals surface area contributed by atoms with E-state index in [1.54, 1.807) is 12.4 Å². The third-order valence-corrected chi connectivity index (χ3v) is 3.00. The number of nitrogens with one attached hydrogen (secondary N) is 2. The number of anilines is 1. The summed E-state index contributed by atoms with van der Waals surface area (Å²) in [6, 6.07) is 9.15. The average Bonchev–Trinajstić information content (AvgIpc) is 3.19. The molecule has 0 radical (unpaired) electrons. The quantitative estimate of drug-likeness (QED) is 0.721. The Bertz CT molecular complexity index is 679. The number of aromatic nitrogens is 6. The van der Waals surface area contributed by atoms with Crippen molar-refractivity contribution in [2.45, 2.75) is 12.5 Å². The number of carbonyl (C=O) groups excluding carboxylic acids is 1. The van der Waals surface area contributed by atoms with Crippen LogP contribution in [0, 0.1) is 0 Å². The fourth-order valence-electron chi connectivity index (χ4n) is 1.99. The van der Waals surface area contributed by atoms with Gasteiger partial charge in [-0.2, -0.15) is 0 Å². The van der Waals surface area contributed by atoms with E-state index in [-0.39, 0.29) is 5.91 Å². The lowest BCUT2D eigenvalue weighted by Gasteiger charge is -2.15. The molecular formula is C13H13N7O. The number of imidazole rings is 1. The topological polar surface area (TPSA) is 101 Å². The number of amides is 1. The molecule has 106 valence electrons. The summed E-state index contributed by atoms with van der Waals surface area (Å²) in [7, 11) is 0. The maximum atomic E-state index is 12.4. The van der Waals surface area contributed by atoms with Crippen LogP contribution in [-0.2, 0) is 11.2 Å². The molecule has 0 spiro atoms. The van der Waals surface area contributed by atoms with Crippen molar-refractivity contribution in [1.29, 1.82) is 0 Å². The van der Waals surface area contributed by atoms with E-state index < -0.39 is 6.04 Å². The fraction of sp³-hybridized carbons (Fsp3) is 0.154. The molecule has 0 aliphatic rings. The number of benzene rings is 1. The monoisotopic (exact) mass is 283 g/mol. The second-order valence-electron chi connectivity index (χ2n) is 4.42. The smallest absolute Gasteiger partial charge is 0.252 e. The molecule has 0 bridgehead atoms. The number of hydrogen-bond acceptors (Lipinski definition) is 5. The van der Waals surface area contributed by atoms with Crippen molar-refractivity contribution >= 4 is 11.9 Å². The van der Waals surface area contributed by atoms with Crippen molar-refractivity contribution in [2.24, 2.45) is 0 Å². The molecule has 0 saturated heterocycles. The minimum absolute atomic E-state index is 0.235. The molecule has 8 heteroatoms. The van der Waals surface area contributed by atoms with E-state index in [0.717, 1.165) is 5.56 Å². The number of carbonyl (C=O) groups is 1. The summed E-state index contributed by atoms with van der Waals surface area (Å²) < 4.78 is 1.44. The van der Waals surface area contributed by atoms with Crippen LogP contribution in [-0.4, -0.2) is 36.1 Å². The van der Waals surface area contributed by atoms with Gasteiger partial charge in [-0.05, 0) is 16.0 Å². The predicted octanol–water partition coefficient (Wildman–Crippen LogP) is 0.819. The standard InChI is InChI=1S/C13H13N7O/c21-12(17-13-14-6-7-15-13)11(20-9-16-18-19-20)8-10-4-2-1-3-5-10/h1-7,9,11H,8H2,(H2,14,15,17,21). The highest BCUT2D eigenvalue weighted by molar-refractivity contribution is 5.92. The first-order chi connectivity index (χ1) is 10.3. The lowest BCUT2D eigenvalue weighted by atomic mass is 10.1. The van der Waals surface area contributed by atoms with Gasteiger partial charge in [-0.3, -0.25) is 10.1 Å². The van der Waals surface area contributed by atoms with Crippen LogP contribution in [0.2, 0.25) is 0 Å². The highest BCUT2D eigenvalue weighted by Gasteiger charge is 2.22. The molecule has 21 heavy (non-hydrogen) atoms. The molecule has 3 rings (SSSR count). The maximum absolute atomic E-state index is 12.4. The van der Waals surface area contributed by atoms with Crippen LogP contribution >= 0.6 is 0 Å². The van der Waals surface area contributed by atoms with Crippen LogP contribution in [0.25, 0.3) is 0 Å². The summed E-state index contributed by atoms with van der Waals surface area (Å²) in [5.74, 6) is 0.159. The lowest BCUT2D eigenvalue weighted by Crippen LogP contribution is -2.28. The van der Waals surface area contributed by atoms with E-state index >= 15 is 0 Å². The number of nitrogens with zero attached hydrogens (tertiary/aromatic N) is 5. The van der Waals surface area contributed by atoms with Crippen molar-refractivity contribution in [3.8, 4) is 0 Å². The van der Waals surface area contributed by atoms with Crippen LogP contribution in [0.1, 0.15) is 11.6 Å². The van der Waals surface area contributed by atoms with Gasteiger partial charge >= 0.3 is 0 Å². The molecule has 1 aromatic carbocycles. The van der Waals surface area contributed by atoms with Gasteiger partial charge in [-0.25, -0.2) is 9.67 Å². The zero-order valence-electron chi connectivity index (χ0n) is 11.0. The first-order valence-corrected chi connectivity index (χ1v) is 6.39. The van der Waals surface area contributed by atoms with Crippen molar-refractivity contribution < 1.29 is 4.79 Å². The van der Waals surface area contributed by atoms with Gasteiger partial charge in [0.15, 0.2) is 0 Å². The number of H-pyrrole nitrogens is 1. The van der Waals surface area contributed by atoms with Gasteiger partial charge in [0, 0.05) is 18.8 Å². The molecule has 2 aromatic heterocycles. The van der Waals surface area contributed by atoms with Crippen molar-refractivity contribution in [2.75, 3.05) is 5.32 Å². The molecule has 0 aliphatic heterocycles. The Morgan fingerprint density at radius 3 is 2.86 bits per heavy atom. The Morgan fingerprint density at radius 1 is 1.33 bits per heavy atom. The van der Waals surface area contributed by atoms with Crippen LogP contribution in [0.3, 0.4) is 0 Å². The number of hydrogen-bond donors (Lipinski definition) is 2. The fourth-order valence-corrected chi connectivity index (χ4v) is 1.99. The minimum atomic E-state index is -0.549. The van der Waals surface area contributed by atoms with E-state index in [1.165, 1.54) is 11.0 Å². The Kier molecular flexibility index (Phi) is 3.68. The van der Waals surface area contributed by atoms with E-state index in [1.807, 2.05) is 30.3 Å². The maximum Gasteiger partial charge on any atom is 0.252 e. The zero-order chi connectivity index (χ0) is 14.5. The Labute approximate surface area is 120 Å². The SMILES string of the molecule is O=C(Nc1ncc[nH]1)C(Cc1ccccc1)n1cnnn1. The number of rotatable bonds is 5. The average molecular weight is 283 g/mol. The second-order valence-corrected chi connectivity index (χ2v) is 4.42. The van der Waals surface area contributed by atoms with Crippen molar-refractivity contribution in [1.82, 2.24) is 30.2 Å². The second kappa shape index (κ2) is 5.95. The highest BCUT2D eigenvalue weighted by Crippen LogP contribution is 2.14. The third kappa shape index (κ3) is 3.11. The Balaban J connectivity index is 1.81. The summed E-state index contributed by atoms with van der Waals surface area (Å²) in [6.07, 6.45) is 5.12. The van der Waals surface area contributed by atoms with Gasteiger partial charge < -0.3 is 4.98 Å². The first kappa shape index (κ1) is 13.0. The van der Waals surface area contributed by atoms with Gasteiger partial charge in [0.05, 0.1) is 0 Å². The van der Waals surface area contributed by atoms with Crippen LogP contribution in [0.5, 0.6) is 0 Å². The molecule has 8 nitrogen and oxygen atoms in total. The minimum Gasteiger partial charge on any atom is -0.331 e.